The van der Waals surface area contributed by atoms with Crippen molar-refractivity contribution >= 4 is 11.0 Å². The monoisotopic (exact) mass is 355 g/mol. The van der Waals surface area contributed by atoms with Crippen LogP contribution in [0.2, 0.25) is 0 Å². The van der Waals surface area contributed by atoms with Crippen LogP contribution >= 0.6 is 0 Å². The molecule has 1 heterocycles. The zero-order chi connectivity index (χ0) is 18.2. The van der Waals surface area contributed by atoms with Crippen LogP contribution in [-0.4, -0.2) is 40.4 Å². The smallest absolute Gasteiger partial charge is 0.406 e. The first-order valence-corrected chi connectivity index (χ1v) is 8.67. The summed E-state index contributed by atoms with van der Waals surface area (Å²) in [4.78, 5) is 9.99. The van der Waals surface area contributed by atoms with Crippen LogP contribution in [0.3, 0.4) is 0 Å². The molecule has 1 fully saturated rings. The van der Waals surface area contributed by atoms with E-state index in [-0.39, 0.29) is 5.75 Å². The second-order valence-electron chi connectivity index (χ2n) is 7.20. The molecule has 0 aliphatic heterocycles. The van der Waals surface area contributed by atoms with Gasteiger partial charge in [0.25, 0.3) is 0 Å². The van der Waals surface area contributed by atoms with Crippen LogP contribution in [0.15, 0.2) is 18.2 Å². The Balaban J connectivity index is 1.55. The van der Waals surface area contributed by atoms with Gasteiger partial charge >= 0.3 is 6.36 Å². The molecule has 0 atom stereocenters. The second-order valence-corrected chi connectivity index (χ2v) is 7.20. The zero-order valence-electron chi connectivity index (χ0n) is 14.7. The molecule has 138 valence electrons. The normalized spacial score (nSPS) is 21.1. The van der Waals surface area contributed by atoms with Crippen molar-refractivity contribution in [1.82, 2.24) is 14.9 Å². The van der Waals surface area contributed by atoms with Crippen LogP contribution in [0.1, 0.15) is 38.9 Å². The summed E-state index contributed by atoms with van der Waals surface area (Å²) >= 11 is 0. The van der Waals surface area contributed by atoms with Crippen LogP contribution in [0.5, 0.6) is 5.75 Å². The van der Waals surface area contributed by atoms with Crippen molar-refractivity contribution in [3.8, 4) is 5.75 Å². The van der Waals surface area contributed by atoms with Gasteiger partial charge in [-0.25, -0.2) is 4.98 Å². The van der Waals surface area contributed by atoms with Crippen LogP contribution < -0.4 is 4.74 Å². The first-order valence-electron chi connectivity index (χ1n) is 8.67. The third-order valence-electron chi connectivity index (χ3n) is 5.13. The highest BCUT2D eigenvalue weighted by Gasteiger charge is 2.33. The van der Waals surface area contributed by atoms with Gasteiger partial charge < -0.3 is 14.6 Å². The number of rotatable bonds is 6. The van der Waals surface area contributed by atoms with E-state index in [4.69, 9.17) is 0 Å². The largest absolute Gasteiger partial charge is 0.573 e. The van der Waals surface area contributed by atoms with E-state index in [1.807, 2.05) is 0 Å². The molecule has 0 radical (unpaired) electrons. The van der Waals surface area contributed by atoms with Crippen molar-refractivity contribution in [2.24, 2.45) is 5.92 Å². The molecule has 1 N–H and O–H groups in total. The molecule has 1 saturated carbocycles. The molecule has 25 heavy (non-hydrogen) atoms. The maximum Gasteiger partial charge on any atom is 0.573 e. The van der Waals surface area contributed by atoms with Gasteiger partial charge in [0.05, 0.1) is 11.0 Å². The third kappa shape index (κ3) is 4.45. The number of halogens is 3. The van der Waals surface area contributed by atoms with E-state index in [2.05, 4.69) is 40.5 Å². The third-order valence-corrected chi connectivity index (χ3v) is 5.13. The number of H-pyrrole nitrogens is 1. The molecule has 4 nitrogen and oxygen atoms in total. The molecule has 1 aromatic heterocycles. The molecule has 0 bridgehead atoms. The molecule has 1 aromatic carbocycles. The Morgan fingerprint density at radius 3 is 2.68 bits per heavy atom. The van der Waals surface area contributed by atoms with E-state index in [0.717, 1.165) is 18.7 Å². The summed E-state index contributed by atoms with van der Waals surface area (Å²) in [5.41, 5.74) is 1.23. The number of fused-ring (bicyclic) bond motifs is 1. The number of imidazole rings is 1. The van der Waals surface area contributed by atoms with E-state index >= 15 is 0 Å². The molecular weight excluding hydrogens is 331 g/mol. The molecule has 1 aliphatic rings. The summed E-state index contributed by atoms with van der Waals surface area (Å²) in [6, 6.07) is 5.42. The molecule has 0 amide bonds. The lowest BCUT2D eigenvalue weighted by molar-refractivity contribution is -0.274. The van der Waals surface area contributed by atoms with Crippen molar-refractivity contribution in [2.75, 3.05) is 7.05 Å². The van der Waals surface area contributed by atoms with Gasteiger partial charge in [-0.05, 0) is 58.2 Å². The van der Waals surface area contributed by atoms with Crippen molar-refractivity contribution in [3.05, 3.63) is 24.0 Å². The van der Waals surface area contributed by atoms with Gasteiger partial charge in [-0.2, -0.15) is 0 Å². The minimum Gasteiger partial charge on any atom is -0.406 e. The fourth-order valence-corrected chi connectivity index (χ4v) is 3.39. The Kier molecular flexibility index (Phi) is 4.95. The molecule has 3 rings (SSSR count). The lowest BCUT2D eigenvalue weighted by Crippen LogP contribution is -2.45. The van der Waals surface area contributed by atoms with Gasteiger partial charge in [0.15, 0.2) is 0 Å². The molecule has 0 saturated heterocycles. The highest BCUT2D eigenvalue weighted by atomic mass is 19.4. The second kappa shape index (κ2) is 6.86. The number of aryl methyl sites for hydroxylation is 1. The van der Waals surface area contributed by atoms with Crippen LogP contribution in [0.25, 0.3) is 11.0 Å². The summed E-state index contributed by atoms with van der Waals surface area (Å²) in [6.07, 6.45) is -0.404. The summed E-state index contributed by atoms with van der Waals surface area (Å²) in [7, 11) is 2.17. The molecular formula is C18H24F3N3O. The highest BCUT2D eigenvalue weighted by molar-refractivity contribution is 5.76. The van der Waals surface area contributed by atoms with Crippen LogP contribution in [-0.2, 0) is 6.42 Å². The van der Waals surface area contributed by atoms with Crippen molar-refractivity contribution in [3.63, 3.8) is 0 Å². The molecule has 1 aliphatic carbocycles. The van der Waals surface area contributed by atoms with Crippen molar-refractivity contribution in [2.45, 2.75) is 58.0 Å². The van der Waals surface area contributed by atoms with E-state index in [0.29, 0.717) is 29.0 Å². The quantitative estimate of drug-likeness (QED) is 0.829. The number of benzene rings is 1. The maximum atomic E-state index is 12.3. The average molecular weight is 355 g/mol. The zero-order valence-corrected chi connectivity index (χ0v) is 14.7. The van der Waals surface area contributed by atoms with Gasteiger partial charge in [0.1, 0.15) is 11.6 Å². The van der Waals surface area contributed by atoms with E-state index in [1.54, 1.807) is 6.07 Å². The van der Waals surface area contributed by atoms with Crippen molar-refractivity contribution < 1.29 is 17.9 Å². The predicted molar refractivity (Wildman–Crippen MR) is 90.5 cm³/mol. The molecule has 2 aromatic rings. The standard InChI is InChI=1S/C18H24F3N3O/c1-11(2)24(3)13-8-12(9-13)4-7-17-22-15-6-5-14(10-16(15)23-17)25-18(19,20)21/h5-6,10-13H,4,7-9H2,1-3H3,(H,22,23). The highest BCUT2D eigenvalue weighted by Crippen LogP contribution is 2.35. The number of nitrogens with zero attached hydrogens (tertiary/aromatic N) is 2. The Morgan fingerprint density at radius 2 is 2.04 bits per heavy atom. The van der Waals surface area contributed by atoms with Crippen molar-refractivity contribution in [1.29, 1.82) is 0 Å². The van der Waals surface area contributed by atoms with Gasteiger partial charge in [-0.15, -0.1) is 13.2 Å². The van der Waals surface area contributed by atoms with Gasteiger partial charge in [0, 0.05) is 24.6 Å². The Hall–Kier alpha value is -1.76. The summed E-state index contributed by atoms with van der Waals surface area (Å²) in [5.74, 6) is 1.29. The van der Waals surface area contributed by atoms with Gasteiger partial charge in [-0.1, -0.05) is 0 Å². The first kappa shape index (κ1) is 18.0. The van der Waals surface area contributed by atoms with Crippen LogP contribution in [0, 0.1) is 5.92 Å². The Bertz CT molecular complexity index is 720. The fraction of sp³-hybridized carbons (Fsp3) is 0.611. The summed E-state index contributed by atoms with van der Waals surface area (Å²) < 4.78 is 40.8. The number of aromatic nitrogens is 2. The Labute approximate surface area is 145 Å². The SMILES string of the molecule is CC(C)N(C)C1CC(CCc2nc3ccc(OC(F)(F)F)cc3[nH]2)C1. The maximum absolute atomic E-state index is 12.3. The minimum atomic E-state index is -4.68. The molecule has 7 heteroatoms. The van der Waals surface area contributed by atoms with Crippen LogP contribution in [0.4, 0.5) is 13.2 Å². The number of ether oxygens (including phenoxy) is 1. The number of hydrogen-bond donors (Lipinski definition) is 1. The number of hydrogen-bond acceptors (Lipinski definition) is 3. The number of aromatic amines is 1. The molecule has 0 spiro atoms. The molecule has 0 unspecified atom stereocenters. The van der Waals surface area contributed by atoms with Gasteiger partial charge in [0.2, 0.25) is 0 Å². The van der Waals surface area contributed by atoms with E-state index in [1.165, 1.54) is 25.0 Å². The predicted octanol–water partition coefficient (Wildman–Crippen LogP) is 4.51. The topological polar surface area (TPSA) is 41.2 Å². The van der Waals surface area contributed by atoms with Gasteiger partial charge in [-0.3, -0.25) is 0 Å². The number of alkyl halides is 3. The summed E-state index contributed by atoms with van der Waals surface area (Å²) in [6.45, 7) is 4.41. The Morgan fingerprint density at radius 1 is 1.32 bits per heavy atom. The first-order chi connectivity index (χ1) is 11.7. The fourth-order valence-electron chi connectivity index (χ4n) is 3.39. The lowest BCUT2D eigenvalue weighted by Gasteiger charge is -2.43. The number of nitrogens with one attached hydrogen (secondary N) is 1. The summed E-state index contributed by atoms with van der Waals surface area (Å²) in [5, 5.41) is 0. The average Bonchev–Trinajstić information content (AvgIpc) is 2.85. The lowest BCUT2D eigenvalue weighted by atomic mass is 9.76. The van der Waals surface area contributed by atoms with E-state index in [9.17, 15) is 13.2 Å². The minimum absolute atomic E-state index is 0.228. The van der Waals surface area contributed by atoms with E-state index < -0.39 is 6.36 Å².